The molecule has 0 radical (unpaired) electrons. The van der Waals surface area contributed by atoms with Crippen molar-refractivity contribution in [2.75, 3.05) is 7.05 Å². The molecule has 2 rings (SSSR count). The summed E-state index contributed by atoms with van der Waals surface area (Å²) in [7, 11) is 1.52. The molecule has 0 aliphatic rings. The highest BCUT2D eigenvalue weighted by Gasteiger charge is 2.10. The van der Waals surface area contributed by atoms with Crippen LogP contribution in [0.4, 0.5) is 0 Å². The zero-order valence-electron chi connectivity index (χ0n) is 7.44. The Hall–Kier alpha value is -2.11. The van der Waals surface area contributed by atoms with Gasteiger partial charge in [-0.2, -0.15) is 5.10 Å². The molecule has 2 N–H and O–H groups in total. The van der Waals surface area contributed by atoms with Gasteiger partial charge in [0.05, 0.1) is 5.56 Å². The maximum absolute atomic E-state index is 11.4. The Morgan fingerprint density at radius 1 is 1.64 bits per heavy atom. The Balaban J connectivity index is 2.78. The number of aromatic amines is 1. The average molecular weight is 192 g/mol. The fourth-order valence-electron chi connectivity index (χ4n) is 1.24. The summed E-state index contributed by atoms with van der Waals surface area (Å²) < 4.78 is 1.28. The van der Waals surface area contributed by atoms with Crippen LogP contribution in [-0.4, -0.2) is 27.6 Å². The predicted molar refractivity (Wildman–Crippen MR) is 49.2 cm³/mol. The molecule has 6 nitrogen and oxygen atoms in total. The lowest BCUT2D eigenvalue weighted by Gasteiger charge is -1.99. The normalized spacial score (nSPS) is 10.4. The number of nitrogens with zero attached hydrogens (tertiary/aromatic N) is 2. The molecule has 0 spiro atoms. The van der Waals surface area contributed by atoms with Gasteiger partial charge in [0, 0.05) is 13.2 Å². The smallest absolute Gasteiger partial charge is 0.347 e. The first-order valence-corrected chi connectivity index (χ1v) is 4.02. The Kier molecular flexibility index (Phi) is 1.81. The van der Waals surface area contributed by atoms with Gasteiger partial charge < -0.3 is 5.32 Å². The average Bonchev–Trinajstić information content (AvgIpc) is 2.59. The molecule has 0 aromatic carbocycles. The summed E-state index contributed by atoms with van der Waals surface area (Å²) >= 11 is 0. The minimum absolute atomic E-state index is 0.269. The van der Waals surface area contributed by atoms with Gasteiger partial charge in [0.1, 0.15) is 0 Å². The van der Waals surface area contributed by atoms with E-state index in [1.54, 1.807) is 18.3 Å². The molecule has 14 heavy (non-hydrogen) atoms. The van der Waals surface area contributed by atoms with E-state index in [0.717, 1.165) is 0 Å². The highest BCUT2D eigenvalue weighted by atomic mass is 16.2. The van der Waals surface area contributed by atoms with Crippen LogP contribution >= 0.6 is 0 Å². The lowest BCUT2D eigenvalue weighted by molar-refractivity contribution is 0.0964. The van der Waals surface area contributed by atoms with Crippen molar-refractivity contribution >= 4 is 11.6 Å². The summed E-state index contributed by atoms with van der Waals surface area (Å²) in [5.41, 5.74) is 0.343. The summed E-state index contributed by atoms with van der Waals surface area (Å²) in [5.74, 6) is -0.269. The third-order valence-corrected chi connectivity index (χ3v) is 1.92. The van der Waals surface area contributed by atoms with Gasteiger partial charge in [-0.05, 0) is 12.1 Å². The number of pyridine rings is 1. The van der Waals surface area contributed by atoms with Crippen LogP contribution in [-0.2, 0) is 0 Å². The van der Waals surface area contributed by atoms with E-state index in [0.29, 0.717) is 11.2 Å². The predicted octanol–water partition coefficient (Wildman–Crippen LogP) is -0.618. The standard InChI is InChI=1S/C8H8N4O2/c1-9-7(13)5-3-2-4-12-6(5)10-11-8(12)14/h2-4H,1H3,(H,9,13)(H,11,14). The number of fused-ring (bicyclic) bond motifs is 1. The zero-order valence-corrected chi connectivity index (χ0v) is 7.44. The van der Waals surface area contributed by atoms with Gasteiger partial charge in [-0.3, -0.25) is 4.79 Å². The molecule has 2 aromatic rings. The molecular weight excluding hydrogens is 184 g/mol. The lowest BCUT2D eigenvalue weighted by Crippen LogP contribution is -2.19. The molecule has 0 aliphatic heterocycles. The molecule has 6 heteroatoms. The summed E-state index contributed by atoms with van der Waals surface area (Å²) in [6, 6.07) is 3.23. The van der Waals surface area contributed by atoms with Crippen LogP contribution in [0.5, 0.6) is 0 Å². The Morgan fingerprint density at radius 2 is 2.43 bits per heavy atom. The number of carbonyl (C=O) groups is 1. The monoisotopic (exact) mass is 192 g/mol. The number of nitrogens with one attached hydrogen (secondary N) is 2. The van der Waals surface area contributed by atoms with Gasteiger partial charge in [0.25, 0.3) is 5.91 Å². The number of hydrogen-bond acceptors (Lipinski definition) is 3. The van der Waals surface area contributed by atoms with E-state index < -0.39 is 0 Å². The topological polar surface area (TPSA) is 79.3 Å². The second kappa shape index (κ2) is 2.99. The van der Waals surface area contributed by atoms with E-state index in [1.165, 1.54) is 11.4 Å². The Bertz CT molecular complexity index is 540. The van der Waals surface area contributed by atoms with Crippen molar-refractivity contribution in [3.05, 3.63) is 34.4 Å². The molecule has 0 aliphatic carbocycles. The van der Waals surface area contributed by atoms with E-state index in [2.05, 4.69) is 15.5 Å². The fourth-order valence-corrected chi connectivity index (χ4v) is 1.24. The molecule has 0 atom stereocenters. The number of H-pyrrole nitrogens is 1. The second-order valence-electron chi connectivity index (χ2n) is 2.72. The van der Waals surface area contributed by atoms with Gasteiger partial charge >= 0.3 is 5.69 Å². The largest absolute Gasteiger partial charge is 0.355 e. The molecule has 0 bridgehead atoms. The van der Waals surface area contributed by atoms with Crippen molar-refractivity contribution in [2.24, 2.45) is 0 Å². The van der Waals surface area contributed by atoms with Gasteiger partial charge in [-0.25, -0.2) is 14.3 Å². The van der Waals surface area contributed by atoms with Crippen LogP contribution < -0.4 is 11.0 Å². The van der Waals surface area contributed by atoms with Crippen molar-refractivity contribution in [1.29, 1.82) is 0 Å². The molecule has 0 unspecified atom stereocenters. The van der Waals surface area contributed by atoms with E-state index >= 15 is 0 Å². The summed E-state index contributed by atoms with van der Waals surface area (Å²) in [6.45, 7) is 0. The van der Waals surface area contributed by atoms with Gasteiger partial charge in [-0.1, -0.05) is 0 Å². The van der Waals surface area contributed by atoms with E-state index in [-0.39, 0.29) is 11.6 Å². The van der Waals surface area contributed by atoms with Crippen molar-refractivity contribution in [1.82, 2.24) is 19.9 Å². The second-order valence-corrected chi connectivity index (χ2v) is 2.72. The summed E-state index contributed by atoms with van der Waals surface area (Å²) in [5, 5.41) is 8.50. The van der Waals surface area contributed by atoms with Crippen LogP contribution in [0.2, 0.25) is 0 Å². The minimum Gasteiger partial charge on any atom is -0.355 e. The first-order chi connectivity index (χ1) is 6.74. The van der Waals surface area contributed by atoms with Crippen LogP contribution in [0.1, 0.15) is 10.4 Å². The summed E-state index contributed by atoms with van der Waals surface area (Å²) in [6.07, 6.45) is 1.55. The van der Waals surface area contributed by atoms with Crippen molar-refractivity contribution in [3.63, 3.8) is 0 Å². The van der Waals surface area contributed by atoms with Crippen molar-refractivity contribution in [2.45, 2.75) is 0 Å². The molecule has 0 saturated heterocycles. The number of rotatable bonds is 1. The highest BCUT2D eigenvalue weighted by molar-refractivity contribution is 5.99. The highest BCUT2D eigenvalue weighted by Crippen LogP contribution is 2.04. The minimum atomic E-state index is -0.356. The quantitative estimate of drug-likeness (QED) is 0.632. The Labute approximate surface area is 78.6 Å². The van der Waals surface area contributed by atoms with Gasteiger partial charge in [-0.15, -0.1) is 0 Å². The fraction of sp³-hybridized carbons (Fsp3) is 0.125. The van der Waals surface area contributed by atoms with Crippen molar-refractivity contribution in [3.8, 4) is 0 Å². The molecule has 1 amide bonds. The summed E-state index contributed by atoms with van der Waals surface area (Å²) in [4.78, 5) is 22.5. The number of amides is 1. The molecular formula is C8H8N4O2. The number of aromatic nitrogens is 3. The third kappa shape index (κ3) is 1.08. The van der Waals surface area contributed by atoms with Crippen LogP contribution in [0, 0.1) is 0 Å². The maximum Gasteiger partial charge on any atom is 0.347 e. The number of hydrogen-bond donors (Lipinski definition) is 2. The van der Waals surface area contributed by atoms with E-state index in [4.69, 9.17) is 0 Å². The maximum atomic E-state index is 11.4. The zero-order chi connectivity index (χ0) is 10.1. The lowest BCUT2D eigenvalue weighted by atomic mass is 10.2. The van der Waals surface area contributed by atoms with Crippen LogP contribution in [0.3, 0.4) is 0 Å². The van der Waals surface area contributed by atoms with Gasteiger partial charge in [0.2, 0.25) is 0 Å². The SMILES string of the molecule is CNC(=O)c1cccn2c(=O)[nH]nc12. The first-order valence-electron chi connectivity index (χ1n) is 4.02. The first kappa shape index (κ1) is 8.49. The van der Waals surface area contributed by atoms with Crippen molar-refractivity contribution < 1.29 is 4.79 Å². The molecule has 2 aromatic heterocycles. The van der Waals surface area contributed by atoms with Gasteiger partial charge in [0.15, 0.2) is 5.65 Å². The molecule has 0 fully saturated rings. The number of carbonyl (C=O) groups excluding carboxylic acids is 1. The third-order valence-electron chi connectivity index (χ3n) is 1.92. The van der Waals surface area contributed by atoms with E-state index in [1.807, 2.05) is 0 Å². The molecule has 72 valence electrons. The van der Waals surface area contributed by atoms with Crippen LogP contribution in [0.15, 0.2) is 23.1 Å². The van der Waals surface area contributed by atoms with Crippen LogP contribution in [0.25, 0.3) is 5.65 Å². The molecule has 0 saturated carbocycles. The molecule has 2 heterocycles. The van der Waals surface area contributed by atoms with E-state index in [9.17, 15) is 9.59 Å². The Morgan fingerprint density at radius 3 is 3.14 bits per heavy atom.